The summed E-state index contributed by atoms with van der Waals surface area (Å²) in [6, 6.07) is 9.11. The monoisotopic (exact) mass is 249 g/mol. The summed E-state index contributed by atoms with van der Waals surface area (Å²) in [6.07, 6.45) is 1.55. The molecular formula is C13H12ClNO2. The molecule has 0 saturated carbocycles. The second-order valence-corrected chi connectivity index (χ2v) is 4.04. The van der Waals surface area contributed by atoms with Crippen molar-refractivity contribution in [2.45, 2.75) is 6.92 Å². The summed E-state index contributed by atoms with van der Waals surface area (Å²) in [5.41, 5.74) is 1.06. The van der Waals surface area contributed by atoms with E-state index in [0.29, 0.717) is 16.7 Å². The van der Waals surface area contributed by atoms with Gasteiger partial charge in [0.15, 0.2) is 0 Å². The fourth-order valence-corrected chi connectivity index (χ4v) is 1.55. The lowest BCUT2D eigenvalue weighted by atomic mass is 10.2. The van der Waals surface area contributed by atoms with Crippen LogP contribution in [-0.4, -0.2) is 12.1 Å². The second kappa shape index (κ2) is 5.06. The van der Waals surface area contributed by atoms with Crippen molar-refractivity contribution in [1.29, 1.82) is 0 Å². The van der Waals surface area contributed by atoms with Gasteiger partial charge in [0.2, 0.25) is 5.88 Å². The Labute approximate surface area is 105 Å². The van der Waals surface area contributed by atoms with E-state index in [0.717, 1.165) is 11.3 Å². The van der Waals surface area contributed by atoms with Gasteiger partial charge in [0, 0.05) is 18.3 Å². The summed E-state index contributed by atoms with van der Waals surface area (Å²) in [5, 5.41) is 0.583. The van der Waals surface area contributed by atoms with E-state index in [1.807, 2.05) is 25.1 Å². The molecule has 2 rings (SSSR count). The molecule has 2 aromatic rings. The topological polar surface area (TPSA) is 31.4 Å². The van der Waals surface area contributed by atoms with Crippen molar-refractivity contribution < 1.29 is 9.47 Å². The molecule has 0 aliphatic heterocycles. The van der Waals surface area contributed by atoms with Crippen LogP contribution in [0.2, 0.25) is 5.02 Å². The van der Waals surface area contributed by atoms with Gasteiger partial charge in [0.05, 0.1) is 12.1 Å². The summed E-state index contributed by atoms with van der Waals surface area (Å²) >= 11 is 5.75. The maximum absolute atomic E-state index is 5.75. The van der Waals surface area contributed by atoms with Gasteiger partial charge in [0.1, 0.15) is 11.5 Å². The van der Waals surface area contributed by atoms with E-state index < -0.39 is 0 Å². The lowest BCUT2D eigenvalue weighted by molar-refractivity contribution is 0.407. The van der Waals surface area contributed by atoms with E-state index in [1.165, 1.54) is 0 Å². The maximum Gasteiger partial charge on any atom is 0.219 e. The molecule has 1 aromatic carbocycles. The van der Waals surface area contributed by atoms with Crippen molar-refractivity contribution in [3.8, 4) is 17.4 Å². The highest BCUT2D eigenvalue weighted by Crippen LogP contribution is 2.26. The van der Waals surface area contributed by atoms with E-state index in [9.17, 15) is 0 Å². The largest absolute Gasteiger partial charge is 0.497 e. The lowest BCUT2D eigenvalue weighted by Gasteiger charge is -2.08. The quantitative estimate of drug-likeness (QED) is 0.828. The first-order valence-corrected chi connectivity index (χ1v) is 5.50. The Morgan fingerprint density at radius 2 is 1.88 bits per heavy atom. The van der Waals surface area contributed by atoms with Crippen molar-refractivity contribution in [3.63, 3.8) is 0 Å². The molecule has 17 heavy (non-hydrogen) atoms. The van der Waals surface area contributed by atoms with Gasteiger partial charge in [-0.15, -0.1) is 0 Å². The van der Waals surface area contributed by atoms with Crippen LogP contribution in [0.1, 0.15) is 5.56 Å². The summed E-state index contributed by atoms with van der Waals surface area (Å²) in [7, 11) is 1.62. The molecule has 0 spiro atoms. The first-order chi connectivity index (χ1) is 8.17. The number of aromatic nitrogens is 1. The van der Waals surface area contributed by atoms with E-state index in [2.05, 4.69) is 4.98 Å². The number of nitrogens with zero attached hydrogens (tertiary/aromatic N) is 1. The number of methoxy groups -OCH3 is 1. The van der Waals surface area contributed by atoms with Gasteiger partial charge < -0.3 is 9.47 Å². The first kappa shape index (κ1) is 11.7. The fraction of sp³-hybridized carbons (Fsp3) is 0.154. The zero-order valence-corrected chi connectivity index (χ0v) is 10.4. The number of halogens is 1. The average molecular weight is 250 g/mol. The standard InChI is InChI=1S/C13H12ClNO2/c1-9-5-11(16-2)7-12(6-9)17-13-4-3-10(14)8-15-13/h3-8H,1-2H3. The molecule has 0 fully saturated rings. The number of pyridine rings is 1. The highest BCUT2D eigenvalue weighted by Gasteiger charge is 2.02. The zero-order chi connectivity index (χ0) is 12.3. The summed E-state index contributed by atoms with van der Waals surface area (Å²) in [6.45, 7) is 1.98. The SMILES string of the molecule is COc1cc(C)cc(Oc2ccc(Cl)cn2)c1. The summed E-state index contributed by atoms with van der Waals surface area (Å²) in [5.74, 6) is 1.95. The molecule has 0 aliphatic rings. The molecule has 88 valence electrons. The first-order valence-electron chi connectivity index (χ1n) is 5.12. The van der Waals surface area contributed by atoms with E-state index in [-0.39, 0.29) is 0 Å². The summed E-state index contributed by atoms with van der Waals surface area (Å²) < 4.78 is 10.8. The molecule has 0 atom stereocenters. The highest BCUT2D eigenvalue weighted by molar-refractivity contribution is 6.30. The molecule has 1 heterocycles. The number of ether oxygens (including phenoxy) is 2. The molecule has 4 heteroatoms. The van der Waals surface area contributed by atoms with E-state index in [4.69, 9.17) is 21.1 Å². The molecule has 0 saturated heterocycles. The molecule has 0 bridgehead atoms. The fourth-order valence-electron chi connectivity index (χ4n) is 1.43. The third-order valence-corrected chi connectivity index (χ3v) is 2.41. The van der Waals surface area contributed by atoms with Gasteiger partial charge in [0.25, 0.3) is 0 Å². The predicted octanol–water partition coefficient (Wildman–Crippen LogP) is 3.84. The van der Waals surface area contributed by atoms with Gasteiger partial charge >= 0.3 is 0 Å². The highest BCUT2D eigenvalue weighted by atomic mass is 35.5. The van der Waals surface area contributed by atoms with Crippen molar-refractivity contribution >= 4 is 11.6 Å². The third-order valence-electron chi connectivity index (χ3n) is 2.18. The molecule has 0 N–H and O–H groups in total. The van der Waals surface area contributed by atoms with Gasteiger partial charge in [-0.1, -0.05) is 11.6 Å². The molecule has 0 radical (unpaired) electrons. The summed E-state index contributed by atoms with van der Waals surface area (Å²) in [4.78, 5) is 4.06. The molecular weight excluding hydrogens is 238 g/mol. The number of benzene rings is 1. The minimum absolute atomic E-state index is 0.502. The normalized spacial score (nSPS) is 10.1. The number of aryl methyl sites for hydroxylation is 1. The maximum atomic E-state index is 5.75. The van der Waals surface area contributed by atoms with Crippen LogP contribution in [-0.2, 0) is 0 Å². The molecule has 3 nitrogen and oxygen atoms in total. The minimum atomic E-state index is 0.502. The second-order valence-electron chi connectivity index (χ2n) is 3.60. The van der Waals surface area contributed by atoms with Crippen LogP contribution in [0.5, 0.6) is 17.4 Å². The van der Waals surface area contributed by atoms with Crippen LogP contribution >= 0.6 is 11.6 Å². The van der Waals surface area contributed by atoms with Crippen LogP contribution in [0.3, 0.4) is 0 Å². The number of hydrogen-bond acceptors (Lipinski definition) is 3. The lowest BCUT2D eigenvalue weighted by Crippen LogP contribution is -1.90. The predicted molar refractivity (Wildman–Crippen MR) is 67.1 cm³/mol. The molecule has 0 unspecified atom stereocenters. The van der Waals surface area contributed by atoms with Gasteiger partial charge in [-0.05, 0) is 30.7 Å². The van der Waals surface area contributed by atoms with Crippen molar-refractivity contribution in [1.82, 2.24) is 4.98 Å². The van der Waals surface area contributed by atoms with E-state index >= 15 is 0 Å². The molecule has 0 amide bonds. The smallest absolute Gasteiger partial charge is 0.219 e. The van der Waals surface area contributed by atoms with Crippen LogP contribution in [0, 0.1) is 6.92 Å². The van der Waals surface area contributed by atoms with Crippen LogP contribution in [0.4, 0.5) is 0 Å². The van der Waals surface area contributed by atoms with Crippen molar-refractivity contribution in [3.05, 3.63) is 47.1 Å². The number of hydrogen-bond donors (Lipinski definition) is 0. The number of rotatable bonds is 3. The Morgan fingerprint density at radius 3 is 2.53 bits per heavy atom. The van der Waals surface area contributed by atoms with E-state index in [1.54, 1.807) is 25.4 Å². The Morgan fingerprint density at radius 1 is 1.12 bits per heavy atom. The van der Waals surface area contributed by atoms with Crippen LogP contribution in [0.25, 0.3) is 0 Å². The molecule has 0 aliphatic carbocycles. The van der Waals surface area contributed by atoms with Gasteiger partial charge in [-0.2, -0.15) is 0 Å². The minimum Gasteiger partial charge on any atom is -0.497 e. The third kappa shape index (κ3) is 3.11. The average Bonchev–Trinajstić information content (AvgIpc) is 2.31. The van der Waals surface area contributed by atoms with Gasteiger partial charge in [-0.3, -0.25) is 0 Å². The van der Waals surface area contributed by atoms with Gasteiger partial charge in [-0.25, -0.2) is 4.98 Å². The molecule has 1 aromatic heterocycles. The Hall–Kier alpha value is -1.74. The zero-order valence-electron chi connectivity index (χ0n) is 9.61. The Bertz CT molecular complexity index is 511. The van der Waals surface area contributed by atoms with Crippen molar-refractivity contribution in [2.24, 2.45) is 0 Å². The van der Waals surface area contributed by atoms with Crippen LogP contribution < -0.4 is 9.47 Å². The van der Waals surface area contributed by atoms with Crippen LogP contribution in [0.15, 0.2) is 36.5 Å². The Kier molecular flexibility index (Phi) is 3.49. The van der Waals surface area contributed by atoms with Crippen molar-refractivity contribution in [2.75, 3.05) is 7.11 Å². The Balaban J connectivity index is 2.23.